The summed E-state index contributed by atoms with van der Waals surface area (Å²) in [4.78, 5) is 42.8. The third-order valence-corrected chi connectivity index (χ3v) is 5.97. The molecule has 0 bridgehead atoms. The van der Waals surface area contributed by atoms with Crippen LogP contribution in [0.2, 0.25) is 0 Å². The van der Waals surface area contributed by atoms with E-state index in [2.05, 4.69) is 5.32 Å². The van der Waals surface area contributed by atoms with Gasteiger partial charge in [-0.25, -0.2) is 4.79 Å². The molecule has 0 saturated carbocycles. The van der Waals surface area contributed by atoms with Gasteiger partial charge in [0.05, 0.1) is 29.4 Å². The summed E-state index contributed by atoms with van der Waals surface area (Å²) in [7, 11) is 0. The van der Waals surface area contributed by atoms with Gasteiger partial charge in [-0.1, -0.05) is 18.2 Å². The van der Waals surface area contributed by atoms with Crippen LogP contribution in [0.3, 0.4) is 0 Å². The van der Waals surface area contributed by atoms with E-state index in [1.807, 2.05) is 0 Å². The summed E-state index contributed by atoms with van der Waals surface area (Å²) in [6, 6.07) is 3.11. The molecule has 0 radical (unpaired) electrons. The minimum Gasteiger partial charge on any atom is -0.341 e. The smallest absolute Gasteiger partial charge is 0.341 e. The average molecular weight is 436 g/mol. The molecule has 1 fully saturated rings. The standard InChI is InChI=1S/C21H23F3N4O3/c1-2-28-15-11-27(12-16(29)26-9-5-6-10-26)19(30)17(15)18(25-20(28)31)13-7-3-4-8-14(13)21(22,23)24/h3-4,7-8,18H,2,5-6,9-12H2,1H3,(H,25,31). The summed E-state index contributed by atoms with van der Waals surface area (Å²) >= 11 is 0. The molecule has 1 aromatic rings. The number of halogens is 3. The Hall–Kier alpha value is -3.04. The van der Waals surface area contributed by atoms with Crippen molar-refractivity contribution in [2.45, 2.75) is 32.0 Å². The molecule has 3 heterocycles. The number of hydrogen-bond donors (Lipinski definition) is 1. The highest BCUT2D eigenvalue weighted by Crippen LogP contribution is 2.41. The highest BCUT2D eigenvalue weighted by Gasteiger charge is 2.46. The highest BCUT2D eigenvalue weighted by atomic mass is 19.4. The van der Waals surface area contributed by atoms with Crippen LogP contribution >= 0.6 is 0 Å². The van der Waals surface area contributed by atoms with Crippen LogP contribution in [-0.2, 0) is 15.8 Å². The van der Waals surface area contributed by atoms with Gasteiger partial charge in [-0.3, -0.25) is 14.5 Å². The van der Waals surface area contributed by atoms with Crippen LogP contribution in [0.15, 0.2) is 35.5 Å². The maximum absolute atomic E-state index is 13.6. The lowest BCUT2D eigenvalue weighted by molar-refractivity contribution is -0.138. The second-order valence-corrected chi connectivity index (χ2v) is 7.82. The number of likely N-dealkylation sites (tertiary alicyclic amines) is 1. The second kappa shape index (κ2) is 7.90. The first-order valence-electron chi connectivity index (χ1n) is 10.3. The zero-order chi connectivity index (χ0) is 22.3. The second-order valence-electron chi connectivity index (χ2n) is 7.82. The first-order valence-corrected chi connectivity index (χ1v) is 10.3. The summed E-state index contributed by atoms with van der Waals surface area (Å²) < 4.78 is 40.9. The molecule has 3 aliphatic heterocycles. The van der Waals surface area contributed by atoms with Crippen molar-refractivity contribution in [1.29, 1.82) is 0 Å². The van der Waals surface area contributed by atoms with E-state index in [9.17, 15) is 27.6 Å². The van der Waals surface area contributed by atoms with Crippen LogP contribution in [0.5, 0.6) is 0 Å². The Morgan fingerprint density at radius 2 is 1.84 bits per heavy atom. The van der Waals surface area contributed by atoms with Crippen molar-refractivity contribution in [2.24, 2.45) is 0 Å². The van der Waals surface area contributed by atoms with Gasteiger partial charge in [0.2, 0.25) is 5.91 Å². The SMILES string of the molecule is CCN1C(=O)NC(c2ccccc2C(F)(F)F)C2=C1CN(CC(=O)N1CCCC1)C2=O. The Kier molecular flexibility index (Phi) is 5.40. The van der Waals surface area contributed by atoms with Crippen molar-refractivity contribution in [1.82, 2.24) is 20.0 Å². The molecule has 10 heteroatoms. The molecule has 0 aromatic heterocycles. The molecular formula is C21H23F3N4O3. The molecular weight excluding hydrogens is 413 g/mol. The Labute approximate surface area is 177 Å². The molecule has 7 nitrogen and oxygen atoms in total. The minimum absolute atomic E-state index is 0.0136. The predicted molar refractivity (Wildman–Crippen MR) is 105 cm³/mol. The van der Waals surface area contributed by atoms with Crippen LogP contribution in [0.25, 0.3) is 0 Å². The fourth-order valence-electron chi connectivity index (χ4n) is 4.48. The van der Waals surface area contributed by atoms with E-state index < -0.39 is 29.7 Å². The van der Waals surface area contributed by atoms with E-state index in [1.54, 1.807) is 11.8 Å². The van der Waals surface area contributed by atoms with Gasteiger partial charge in [-0.05, 0) is 31.4 Å². The number of carbonyl (C=O) groups is 3. The van der Waals surface area contributed by atoms with Gasteiger partial charge in [-0.2, -0.15) is 13.2 Å². The molecule has 1 N–H and O–H groups in total. The monoisotopic (exact) mass is 436 g/mol. The highest BCUT2D eigenvalue weighted by molar-refractivity contribution is 6.03. The predicted octanol–water partition coefficient (Wildman–Crippen LogP) is 2.51. The molecule has 166 valence electrons. The van der Waals surface area contributed by atoms with Crippen molar-refractivity contribution in [3.05, 3.63) is 46.7 Å². The number of nitrogens with zero attached hydrogens (tertiary/aromatic N) is 3. The summed E-state index contributed by atoms with van der Waals surface area (Å²) in [5.74, 6) is -0.719. The Morgan fingerprint density at radius 1 is 1.16 bits per heavy atom. The van der Waals surface area contributed by atoms with Gasteiger partial charge in [-0.15, -0.1) is 0 Å². The zero-order valence-corrected chi connectivity index (χ0v) is 17.0. The first-order chi connectivity index (χ1) is 14.7. The van der Waals surface area contributed by atoms with Crippen molar-refractivity contribution in [3.8, 4) is 0 Å². The van der Waals surface area contributed by atoms with E-state index >= 15 is 0 Å². The number of carbonyl (C=O) groups excluding carboxylic acids is 3. The van der Waals surface area contributed by atoms with Gasteiger partial charge in [0.15, 0.2) is 0 Å². The molecule has 1 unspecified atom stereocenters. The normalized spacial score (nSPS) is 21.7. The van der Waals surface area contributed by atoms with Crippen molar-refractivity contribution in [2.75, 3.05) is 32.7 Å². The zero-order valence-electron chi connectivity index (χ0n) is 17.0. The van der Waals surface area contributed by atoms with Gasteiger partial charge >= 0.3 is 12.2 Å². The van der Waals surface area contributed by atoms with Crippen molar-refractivity contribution < 1.29 is 27.6 Å². The molecule has 31 heavy (non-hydrogen) atoms. The number of rotatable bonds is 4. The Morgan fingerprint density at radius 3 is 2.48 bits per heavy atom. The first kappa shape index (κ1) is 21.2. The maximum atomic E-state index is 13.6. The van der Waals surface area contributed by atoms with Crippen LogP contribution in [0.1, 0.15) is 36.9 Å². The van der Waals surface area contributed by atoms with Gasteiger partial charge < -0.3 is 15.1 Å². The van der Waals surface area contributed by atoms with Crippen molar-refractivity contribution >= 4 is 17.8 Å². The number of likely N-dealkylation sites (N-methyl/N-ethyl adjacent to an activating group) is 1. The minimum atomic E-state index is -4.64. The third-order valence-electron chi connectivity index (χ3n) is 5.97. The van der Waals surface area contributed by atoms with Crippen LogP contribution in [0.4, 0.5) is 18.0 Å². The number of urea groups is 1. The number of nitrogens with one attached hydrogen (secondary N) is 1. The fourth-order valence-corrected chi connectivity index (χ4v) is 4.48. The Bertz CT molecular complexity index is 953. The third kappa shape index (κ3) is 3.75. The van der Waals surface area contributed by atoms with Crippen molar-refractivity contribution in [3.63, 3.8) is 0 Å². The van der Waals surface area contributed by atoms with Crippen LogP contribution < -0.4 is 5.32 Å². The van der Waals surface area contributed by atoms with E-state index in [1.165, 1.54) is 28.0 Å². The van der Waals surface area contributed by atoms with E-state index in [0.717, 1.165) is 18.9 Å². The quantitative estimate of drug-likeness (QED) is 0.789. The van der Waals surface area contributed by atoms with Crippen LogP contribution in [-0.4, -0.2) is 65.3 Å². The van der Waals surface area contributed by atoms with Crippen LogP contribution in [0, 0.1) is 0 Å². The lowest BCUT2D eigenvalue weighted by Crippen LogP contribution is -2.47. The number of alkyl halides is 3. The fraction of sp³-hybridized carbons (Fsp3) is 0.476. The lowest BCUT2D eigenvalue weighted by atomic mass is 9.91. The average Bonchev–Trinajstić information content (AvgIpc) is 3.36. The van der Waals surface area contributed by atoms with Gasteiger partial charge in [0, 0.05) is 19.6 Å². The lowest BCUT2D eigenvalue weighted by Gasteiger charge is -2.33. The number of benzene rings is 1. The van der Waals surface area contributed by atoms with E-state index in [-0.39, 0.29) is 36.7 Å². The molecule has 3 aliphatic rings. The summed E-state index contributed by atoms with van der Waals surface area (Å²) in [6.45, 7) is 3.09. The number of hydrogen-bond acceptors (Lipinski definition) is 3. The van der Waals surface area contributed by atoms with Gasteiger partial charge in [0.1, 0.15) is 6.54 Å². The van der Waals surface area contributed by atoms with E-state index in [4.69, 9.17) is 0 Å². The Balaban J connectivity index is 1.69. The molecule has 0 spiro atoms. The van der Waals surface area contributed by atoms with Gasteiger partial charge in [0.25, 0.3) is 5.91 Å². The number of amides is 4. The molecule has 1 aromatic carbocycles. The maximum Gasteiger partial charge on any atom is 0.416 e. The molecule has 4 rings (SSSR count). The molecule has 1 atom stereocenters. The molecule has 4 amide bonds. The molecule has 1 saturated heterocycles. The summed E-state index contributed by atoms with van der Waals surface area (Å²) in [5.41, 5.74) is -0.649. The largest absolute Gasteiger partial charge is 0.416 e. The summed E-state index contributed by atoms with van der Waals surface area (Å²) in [5, 5.41) is 2.56. The molecule has 0 aliphatic carbocycles. The topological polar surface area (TPSA) is 73.0 Å². The summed E-state index contributed by atoms with van der Waals surface area (Å²) in [6.07, 6.45) is -2.82. The van der Waals surface area contributed by atoms with E-state index in [0.29, 0.717) is 18.8 Å².